The average molecular weight is 305 g/mol. The molecule has 0 atom stereocenters. The summed E-state index contributed by atoms with van der Waals surface area (Å²) in [4.78, 5) is 12.6. The number of carbonyl (C=O) groups is 1. The lowest BCUT2D eigenvalue weighted by molar-refractivity contribution is 0.104. The molecule has 0 unspecified atom stereocenters. The molecule has 23 heavy (non-hydrogen) atoms. The highest BCUT2D eigenvalue weighted by atomic mass is 16.1. The van der Waals surface area contributed by atoms with Crippen molar-refractivity contribution in [2.45, 2.75) is 39.7 Å². The van der Waals surface area contributed by atoms with Crippen LogP contribution >= 0.6 is 0 Å². The Bertz CT molecular complexity index is 785. The molecule has 118 valence electrons. The summed E-state index contributed by atoms with van der Waals surface area (Å²) in [5.74, 6) is 0.0370. The summed E-state index contributed by atoms with van der Waals surface area (Å²) >= 11 is 0. The van der Waals surface area contributed by atoms with Gasteiger partial charge < -0.3 is 5.32 Å². The molecule has 2 heteroatoms. The Kier molecular flexibility index (Phi) is 3.85. The van der Waals surface area contributed by atoms with Crippen LogP contribution < -0.4 is 5.32 Å². The number of hydrogen-bond acceptors (Lipinski definition) is 2. The topological polar surface area (TPSA) is 29.1 Å². The maximum atomic E-state index is 12.6. The van der Waals surface area contributed by atoms with E-state index < -0.39 is 0 Å². The average Bonchev–Trinajstić information content (AvgIpc) is 2.49. The second kappa shape index (κ2) is 5.69. The van der Waals surface area contributed by atoms with Crippen LogP contribution in [0.2, 0.25) is 0 Å². The SMILES string of the molecule is Cc1cc2c(cc1C)C(=CC(=O)c1ccccc1)NC(C)(C)C2. The molecule has 1 heterocycles. The van der Waals surface area contributed by atoms with Gasteiger partial charge in [0.1, 0.15) is 0 Å². The molecule has 3 rings (SSSR count). The standard InChI is InChI=1S/C21H23NO/c1-14-10-17-13-21(3,4)22-19(18(17)11-15(14)2)12-20(23)16-8-6-5-7-9-16/h5-12,22H,13H2,1-4H3. The second-order valence-corrected chi connectivity index (χ2v) is 7.07. The highest BCUT2D eigenvalue weighted by Crippen LogP contribution is 2.31. The quantitative estimate of drug-likeness (QED) is 0.656. The summed E-state index contributed by atoms with van der Waals surface area (Å²) in [5, 5.41) is 3.54. The number of rotatable bonds is 2. The predicted molar refractivity (Wildman–Crippen MR) is 95.6 cm³/mol. The van der Waals surface area contributed by atoms with Gasteiger partial charge in [0.15, 0.2) is 5.78 Å². The third-order valence-corrected chi connectivity index (χ3v) is 4.45. The molecule has 0 radical (unpaired) electrons. The number of fused-ring (bicyclic) bond motifs is 1. The third-order valence-electron chi connectivity index (χ3n) is 4.45. The molecule has 0 fully saturated rings. The number of allylic oxidation sites excluding steroid dienone is 1. The van der Waals surface area contributed by atoms with E-state index >= 15 is 0 Å². The maximum absolute atomic E-state index is 12.6. The van der Waals surface area contributed by atoms with Crippen LogP contribution in [0.15, 0.2) is 48.5 Å². The van der Waals surface area contributed by atoms with E-state index in [9.17, 15) is 4.79 Å². The summed E-state index contributed by atoms with van der Waals surface area (Å²) in [6, 6.07) is 13.9. The third kappa shape index (κ3) is 3.21. The first-order valence-electron chi connectivity index (χ1n) is 8.05. The van der Waals surface area contributed by atoms with Gasteiger partial charge in [-0.05, 0) is 56.9 Å². The monoisotopic (exact) mass is 305 g/mol. The van der Waals surface area contributed by atoms with E-state index in [1.165, 1.54) is 16.7 Å². The van der Waals surface area contributed by atoms with Crippen LogP contribution in [0.4, 0.5) is 0 Å². The van der Waals surface area contributed by atoms with Crippen molar-refractivity contribution in [1.82, 2.24) is 5.32 Å². The first-order valence-corrected chi connectivity index (χ1v) is 8.05. The van der Waals surface area contributed by atoms with Crippen molar-refractivity contribution in [2.24, 2.45) is 0 Å². The zero-order valence-electron chi connectivity index (χ0n) is 14.2. The molecule has 0 amide bonds. The largest absolute Gasteiger partial charge is 0.379 e. The van der Waals surface area contributed by atoms with E-state index in [1.807, 2.05) is 30.3 Å². The van der Waals surface area contributed by atoms with Crippen LogP contribution in [0.25, 0.3) is 5.70 Å². The van der Waals surface area contributed by atoms with Gasteiger partial charge >= 0.3 is 0 Å². The smallest absolute Gasteiger partial charge is 0.187 e. The molecule has 0 aromatic heterocycles. The Balaban J connectivity index is 2.07. The van der Waals surface area contributed by atoms with Gasteiger partial charge in [0.05, 0.1) is 0 Å². The number of carbonyl (C=O) groups excluding carboxylic acids is 1. The van der Waals surface area contributed by atoms with Crippen LogP contribution in [-0.2, 0) is 6.42 Å². The summed E-state index contributed by atoms with van der Waals surface area (Å²) < 4.78 is 0. The molecule has 1 aliphatic heterocycles. The lowest BCUT2D eigenvalue weighted by atomic mass is 9.83. The van der Waals surface area contributed by atoms with E-state index in [1.54, 1.807) is 6.08 Å². The summed E-state index contributed by atoms with van der Waals surface area (Å²) in [7, 11) is 0. The van der Waals surface area contributed by atoms with E-state index in [0.29, 0.717) is 0 Å². The Morgan fingerprint density at radius 2 is 1.74 bits per heavy atom. The fraction of sp³-hybridized carbons (Fsp3) is 0.286. The highest BCUT2D eigenvalue weighted by Gasteiger charge is 2.28. The molecule has 0 saturated heterocycles. The van der Waals surface area contributed by atoms with Crippen molar-refractivity contribution in [3.8, 4) is 0 Å². The minimum Gasteiger partial charge on any atom is -0.379 e. The van der Waals surface area contributed by atoms with Gasteiger partial charge in [-0.1, -0.05) is 36.4 Å². The van der Waals surface area contributed by atoms with Gasteiger partial charge in [0, 0.05) is 28.4 Å². The fourth-order valence-corrected chi connectivity index (χ4v) is 3.16. The first-order chi connectivity index (χ1) is 10.9. The van der Waals surface area contributed by atoms with Gasteiger partial charge in [-0.3, -0.25) is 4.79 Å². The molecule has 2 nitrogen and oxygen atoms in total. The van der Waals surface area contributed by atoms with E-state index in [0.717, 1.165) is 23.2 Å². The number of benzene rings is 2. The Morgan fingerprint density at radius 3 is 2.43 bits per heavy atom. The van der Waals surface area contributed by atoms with Gasteiger partial charge in [-0.2, -0.15) is 0 Å². The van der Waals surface area contributed by atoms with Crippen molar-refractivity contribution >= 4 is 11.5 Å². The Hall–Kier alpha value is -2.35. The molecule has 1 N–H and O–H groups in total. The lowest BCUT2D eigenvalue weighted by Crippen LogP contribution is -2.44. The predicted octanol–water partition coefficient (Wildman–Crippen LogP) is 4.45. The summed E-state index contributed by atoms with van der Waals surface area (Å²) in [6.07, 6.45) is 2.70. The minimum absolute atomic E-state index is 0.0370. The van der Waals surface area contributed by atoms with Crippen molar-refractivity contribution in [3.63, 3.8) is 0 Å². The van der Waals surface area contributed by atoms with Crippen LogP contribution in [0.5, 0.6) is 0 Å². The van der Waals surface area contributed by atoms with E-state index in [-0.39, 0.29) is 11.3 Å². The van der Waals surface area contributed by atoms with Gasteiger partial charge in [0.25, 0.3) is 0 Å². The van der Waals surface area contributed by atoms with Gasteiger partial charge in [-0.25, -0.2) is 0 Å². The van der Waals surface area contributed by atoms with E-state index in [2.05, 4.69) is 45.1 Å². The van der Waals surface area contributed by atoms with Crippen LogP contribution in [0.3, 0.4) is 0 Å². The molecule has 1 aliphatic rings. The van der Waals surface area contributed by atoms with Gasteiger partial charge in [0.2, 0.25) is 0 Å². The second-order valence-electron chi connectivity index (χ2n) is 7.07. The van der Waals surface area contributed by atoms with Crippen LogP contribution in [0, 0.1) is 13.8 Å². The molecular weight excluding hydrogens is 282 g/mol. The Labute approximate surface area is 138 Å². The summed E-state index contributed by atoms with van der Waals surface area (Å²) in [5.41, 5.74) is 6.60. The minimum atomic E-state index is -0.0580. The molecule has 2 aromatic carbocycles. The van der Waals surface area contributed by atoms with Gasteiger partial charge in [-0.15, -0.1) is 0 Å². The first kappa shape index (κ1) is 15.5. The molecule has 0 spiro atoms. The fourth-order valence-electron chi connectivity index (χ4n) is 3.16. The number of hydrogen-bond donors (Lipinski definition) is 1. The van der Waals surface area contributed by atoms with Crippen molar-refractivity contribution in [2.75, 3.05) is 0 Å². The zero-order valence-corrected chi connectivity index (χ0v) is 14.2. The van der Waals surface area contributed by atoms with E-state index in [4.69, 9.17) is 0 Å². The van der Waals surface area contributed by atoms with Crippen LogP contribution in [-0.4, -0.2) is 11.3 Å². The zero-order chi connectivity index (χ0) is 16.6. The molecule has 0 bridgehead atoms. The number of aryl methyl sites for hydroxylation is 2. The maximum Gasteiger partial charge on any atom is 0.187 e. The molecular formula is C21H23NO. The summed E-state index contributed by atoms with van der Waals surface area (Å²) in [6.45, 7) is 8.60. The Morgan fingerprint density at radius 1 is 1.09 bits per heavy atom. The molecule has 0 saturated carbocycles. The highest BCUT2D eigenvalue weighted by molar-refractivity contribution is 6.08. The molecule has 2 aromatic rings. The van der Waals surface area contributed by atoms with Crippen LogP contribution in [0.1, 0.15) is 46.5 Å². The van der Waals surface area contributed by atoms with Crippen molar-refractivity contribution < 1.29 is 4.79 Å². The molecule has 0 aliphatic carbocycles. The van der Waals surface area contributed by atoms with Crippen molar-refractivity contribution in [1.29, 1.82) is 0 Å². The normalized spacial score (nSPS) is 17.5. The number of nitrogens with one attached hydrogen (secondary N) is 1. The van der Waals surface area contributed by atoms with Crippen molar-refractivity contribution in [3.05, 3.63) is 76.4 Å². The number of ketones is 1. The lowest BCUT2D eigenvalue weighted by Gasteiger charge is -2.36.